The third kappa shape index (κ3) is 3.98. The van der Waals surface area contributed by atoms with Gasteiger partial charge in [-0.15, -0.1) is 0 Å². The molecule has 8 nitrogen and oxygen atoms in total. The number of piperazine rings is 1. The topological polar surface area (TPSA) is 91.0 Å². The first kappa shape index (κ1) is 19.0. The van der Waals surface area contributed by atoms with Crippen molar-refractivity contribution in [1.29, 1.82) is 0 Å². The molecule has 2 unspecified atom stereocenters. The molecule has 26 heavy (non-hydrogen) atoms. The van der Waals surface area contributed by atoms with E-state index in [1.165, 1.54) is 16.4 Å². The molecule has 0 amide bonds. The smallest absolute Gasteiger partial charge is 0.324 e. The number of carbonyl (C=O) groups is 1. The van der Waals surface area contributed by atoms with Crippen molar-refractivity contribution in [3.8, 4) is 0 Å². The third-order valence-electron chi connectivity index (χ3n) is 4.59. The number of rotatable bonds is 5. The molecule has 2 N–H and O–H groups in total. The predicted molar refractivity (Wildman–Crippen MR) is 94.2 cm³/mol. The summed E-state index contributed by atoms with van der Waals surface area (Å²) < 4.78 is 45.0. The molecule has 10 heteroatoms. The second-order valence-corrected chi connectivity index (χ2v) is 8.34. The van der Waals surface area contributed by atoms with Gasteiger partial charge >= 0.3 is 5.97 Å². The SMILES string of the molecule is CCOC(=O)C1CC(S(=O)(=O)N2CCN(c3ccc(F)cc3)CC2)NN1. The van der Waals surface area contributed by atoms with Crippen LogP contribution in [0.1, 0.15) is 13.3 Å². The summed E-state index contributed by atoms with van der Waals surface area (Å²) in [5, 5.41) is -0.866. The van der Waals surface area contributed by atoms with Crippen LogP contribution in [0.2, 0.25) is 0 Å². The molecule has 2 saturated heterocycles. The van der Waals surface area contributed by atoms with Crippen molar-refractivity contribution in [2.24, 2.45) is 0 Å². The molecule has 1 aromatic carbocycles. The Bertz CT molecular complexity index is 735. The van der Waals surface area contributed by atoms with Gasteiger partial charge in [0, 0.05) is 38.3 Å². The second-order valence-electron chi connectivity index (χ2n) is 6.23. The molecule has 3 rings (SSSR count). The molecule has 2 aliphatic rings. The molecule has 2 atom stereocenters. The molecule has 2 aliphatic heterocycles. The van der Waals surface area contributed by atoms with Crippen molar-refractivity contribution in [3.63, 3.8) is 0 Å². The molecule has 0 aliphatic carbocycles. The Labute approximate surface area is 152 Å². The van der Waals surface area contributed by atoms with Gasteiger partial charge in [-0.1, -0.05) is 0 Å². The van der Waals surface area contributed by atoms with Crippen molar-refractivity contribution < 1.29 is 22.3 Å². The normalized spacial score (nSPS) is 24.6. The summed E-state index contributed by atoms with van der Waals surface area (Å²) in [6.07, 6.45) is 0.124. The van der Waals surface area contributed by atoms with E-state index in [0.29, 0.717) is 26.2 Å². The molecular weight excluding hydrogens is 363 g/mol. The van der Waals surface area contributed by atoms with E-state index in [0.717, 1.165) is 5.69 Å². The monoisotopic (exact) mass is 386 g/mol. The summed E-state index contributed by atoms with van der Waals surface area (Å²) >= 11 is 0. The highest BCUT2D eigenvalue weighted by molar-refractivity contribution is 7.89. The minimum atomic E-state index is -3.59. The number of esters is 1. The van der Waals surface area contributed by atoms with Crippen LogP contribution in [0, 0.1) is 5.82 Å². The van der Waals surface area contributed by atoms with E-state index < -0.39 is 27.4 Å². The zero-order valence-electron chi connectivity index (χ0n) is 14.5. The number of ether oxygens (including phenoxy) is 1. The summed E-state index contributed by atoms with van der Waals surface area (Å²) in [6, 6.07) is 5.48. The van der Waals surface area contributed by atoms with Crippen LogP contribution >= 0.6 is 0 Å². The first-order valence-corrected chi connectivity index (χ1v) is 10.1. The number of hydrogen-bond donors (Lipinski definition) is 2. The van der Waals surface area contributed by atoms with Gasteiger partial charge in [-0.2, -0.15) is 4.31 Å². The number of anilines is 1. The molecule has 0 saturated carbocycles. The van der Waals surface area contributed by atoms with Crippen molar-refractivity contribution in [2.45, 2.75) is 24.8 Å². The van der Waals surface area contributed by atoms with Crippen LogP contribution in [0.4, 0.5) is 10.1 Å². The highest BCUT2D eigenvalue weighted by atomic mass is 32.2. The summed E-state index contributed by atoms with van der Waals surface area (Å²) in [5.74, 6) is -0.759. The molecule has 144 valence electrons. The highest BCUT2D eigenvalue weighted by Crippen LogP contribution is 2.21. The largest absolute Gasteiger partial charge is 0.465 e. The Kier molecular flexibility index (Phi) is 5.76. The van der Waals surface area contributed by atoms with Crippen LogP contribution in [0.5, 0.6) is 0 Å². The molecule has 0 bridgehead atoms. The lowest BCUT2D eigenvalue weighted by Crippen LogP contribution is -2.53. The summed E-state index contributed by atoms with van der Waals surface area (Å²) in [5.41, 5.74) is 6.26. The molecule has 2 heterocycles. The van der Waals surface area contributed by atoms with E-state index >= 15 is 0 Å². The van der Waals surface area contributed by atoms with E-state index in [4.69, 9.17) is 4.74 Å². The minimum absolute atomic E-state index is 0.124. The molecular formula is C16H23FN4O4S. The van der Waals surface area contributed by atoms with E-state index in [2.05, 4.69) is 10.9 Å². The van der Waals surface area contributed by atoms with Gasteiger partial charge in [0.1, 0.15) is 17.2 Å². The first-order chi connectivity index (χ1) is 12.4. The van der Waals surface area contributed by atoms with Crippen LogP contribution in [-0.4, -0.2) is 62.9 Å². The number of halogens is 1. The number of nitrogens with zero attached hydrogens (tertiary/aromatic N) is 2. The van der Waals surface area contributed by atoms with Gasteiger partial charge in [-0.25, -0.2) is 23.7 Å². The van der Waals surface area contributed by atoms with Crippen molar-refractivity contribution in [1.82, 2.24) is 15.2 Å². The number of nitrogens with one attached hydrogen (secondary N) is 2. The van der Waals surface area contributed by atoms with Crippen molar-refractivity contribution >= 4 is 21.7 Å². The lowest BCUT2D eigenvalue weighted by molar-refractivity contribution is -0.145. The summed E-state index contributed by atoms with van der Waals surface area (Å²) in [6.45, 7) is 3.66. The van der Waals surface area contributed by atoms with Crippen LogP contribution in [0.15, 0.2) is 24.3 Å². The van der Waals surface area contributed by atoms with Gasteiger partial charge in [0.05, 0.1) is 6.61 Å². The average molecular weight is 386 g/mol. The van der Waals surface area contributed by atoms with Crippen molar-refractivity contribution in [2.75, 3.05) is 37.7 Å². The third-order valence-corrected chi connectivity index (χ3v) is 6.70. The number of carbonyl (C=O) groups excluding carboxylic acids is 1. The first-order valence-electron chi connectivity index (χ1n) is 8.59. The maximum Gasteiger partial charge on any atom is 0.324 e. The summed E-state index contributed by atoms with van der Waals surface area (Å²) in [7, 11) is -3.59. The molecule has 0 aromatic heterocycles. The summed E-state index contributed by atoms with van der Waals surface area (Å²) in [4.78, 5) is 13.8. The highest BCUT2D eigenvalue weighted by Gasteiger charge is 2.41. The van der Waals surface area contributed by atoms with E-state index in [1.807, 2.05) is 4.90 Å². The lowest BCUT2D eigenvalue weighted by Gasteiger charge is -2.36. The number of hydrazine groups is 1. The molecule has 2 fully saturated rings. The predicted octanol–water partition coefficient (Wildman–Crippen LogP) is 0.0332. The number of sulfonamides is 1. The van der Waals surface area contributed by atoms with E-state index in [1.54, 1.807) is 19.1 Å². The lowest BCUT2D eigenvalue weighted by atomic mass is 10.2. The Morgan fingerprint density at radius 2 is 1.85 bits per heavy atom. The second kappa shape index (κ2) is 7.87. The fourth-order valence-electron chi connectivity index (χ4n) is 3.15. The fourth-order valence-corrected chi connectivity index (χ4v) is 4.84. The van der Waals surface area contributed by atoms with Crippen LogP contribution in [0.3, 0.4) is 0 Å². The Balaban J connectivity index is 1.58. The molecule has 0 radical (unpaired) electrons. The van der Waals surface area contributed by atoms with Crippen LogP contribution < -0.4 is 15.8 Å². The van der Waals surface area contributed by atoms with Crippen molar-refractivity contribution in [3.05, 3.63) is 30.1 Å². The Hall–Kier alpha value is -1.75. The van der Waals surface area contributed by atoms with Gasteiger partial charge in [0.25, 0.3) is 0 Å². The van der Waals surface area contributed by atoms with Gasteiger partial charge < -0.3 is 9.64 Å². The Morgan fingerprint density at radius 3 is 2.46 bits per heavy atom. The van der Waals surface area contributed by atoms with Gasteiger partial charge in [0.15, 0.2) is 0 Å². The Morgan fingerprint density at radius 1 is 1.19 bits per heavy atom. The van der Waals surface area contributed by atoms with Gasteiger partial charge in [-0.3, -0.25) is 4.79 Å². The standard InChI is InChI=1S/C16H23FN4O4S/c1-2-25-16(22)14-11-15(19-18-14)26(23,24)21-9-7-20(8-10-21)13-5-3-12(17)4-6-13/h3-6,14-15,18-19H,2,7-11H2,1H3. The zero-order chi connectivity index (χ0) is 18.7. The number of hydrogen-bond acceptors (Lipinski definition) is 7. The quantitative estimate of drug-likeness (QED) is 0.690. The average Bonchev–Trinajstić information content (AvgIpc) is 3.14. The zero-order valence-corrected chi connectivity index (χ0v) is 15.3. The van der Waals surface area contributed by atoms with Gasteiger partial charge in [0.2, 0.25) is 10.0 Å². The maximum absolute atomic E-state index is 13.0. The van der Waals surface area contributed by atoms with Gasteiger partial charge in [-0.05, 0) is 31.2 Å². The fraction of sp³-hybridized carbons (Fsp3) is 0.562. The van der Waals surface area contributed by atoms with Crippen LogP contribution in [-0.2, 0) is 19.6 Å². The van der Waals surface area contributed by atoms with E-state index in [9.17, 15) is 17.6 Å². The number of benzene rings is 1. The minimum Gasteiger partial charge on any atom is -0.465 e. The maximum atomic E-state index is 13.0. The van der Waals surface area contributed by atoms with E-state index in [-0.39, 0.29) is 18.8 Å². The molecule has 0 spiro atoms. The molecule has 1 aromatic rings. The van der Waals surface area contributed by atoms with Crippen LogP contribution in [0.25, 0.3) is 0 Å².